The zero-order chi connectivity index (χ0) is 12.1. The van der Waals surface area contributed by atoms with Crippen molar-refractivity contribution < 1.29 is 4.74 Å². The molecule has 1 fully saturated rings. The lowest BCUT2D eigenvalue weighted by Gasteiger charge is -2.32. The predicted molar refractivity (Wildman–Crippen MR) is 63.6 cm³/mol. The summed E-state index contributed by atoms with van der Waals surface area (Å²) in [4.78, 5) is 2.14. The van der Waals surface area contributed by atoms with E-state index in [9.17, 15) is 0 Å². The predicted octanol–water partition coefficient (Wildman–Crippen LogP) is 1.21. The Morgan fingerprint density at radius 2 is 2.29 bits per heavy atom. The number of nitriles is 1. The van der Waals surface area contributed by atoms with Gasteiger partial charge in [0.15, 0.2) is 5.82 Å². The second-order valence-corrected chi connectivity index (χ2v) is 4.27. The van der Waals surface area contributed by atoms with Crippen LogP contribution in [0.15, 0.2) is 12.3 Å². The van der Waals surface area contributed by atoms with Gasteiger partial charge in [-0.1, -0.05) is 0 Å². The zero-order valence-corrected chi connectivity index (χ0v) is 9.96. The van der Waals surface area contributed by atoms with Gasteiger partial charge < -0.3 is 9.64 Å². The van der Waals surface area contributed by atoms with E-state index in [1.54, 1.807) is 19.4 Å². The van der Waals surface area contributed by atoms with Crippen LogP contribution in [-0.4, -0.2) is 37.0 Å². The fourth-order valence-electron chi connectivity index (χ4n) is 2.19. The fraction of sp³-hybridized carbons (Fsp3) is 0.583. The maximum Gasteiger partial charge on any atom is 0.169 e. The Kier molecular flexibility index (Phi) is 3.89. The lowest BCUT2D eigenvalue weighted by molar-refractivity contribution is 0.139. The number of nitrogens with zero attached hydrogens (tertiary/aromatic N) is 4. The van der Waals surface area contributed by atoms with Gasteiger partial charge in [0.1, 0.15) is 6.07 Å². The molecule has 0 unspecified atom stereocenters. The molecule has 0 aromatic carbocycles. The van der Waals surface area contributed by atoms with Crippen LogP contribution in [-0.2, 0) is 4.74 Å². The first-order chi connectivity index (χ1) is 8.35. The smallest absolute Gasteiger partial charge is 0.169 e. The van der Waals surface area contributed by atoms with Crippen molar-refractivity contribution in [2.75, 3.05) is 31.7 Å². The number of rotatable bonds is 3. The van der Waals surface area contributed by atoms with Gasteiger partial charge in [-0.05, 0) is 24.8 Å². The van der Waals surface area contributed by atoms with Gasteiger partial charge in [0.2, 0.25) is 0 Å². The van der Waals surface area contributed by atoms with Crippen LogP contribution in [0.1, 0.15) is 18.4 Å². The topological polar surface area (TPSA) is 62.0 Å². The summed E-state index contributed by atoms with van der Waals surface area (Å²) in [7, 11) is 1.74. The molecule has 0 N–H and O–H groups in total. The Balaban J connectivity index is 2.03. The minimum atomic E-state index is 0.602. The number of hydrogen-bond donors (Lipinski definition) is 0. The van der Waals surface area contributed by atoms with Gasteiger partial charge in [-0.2, -0.15) is 10.4 Å². The normalized spacial score (nSPS) is 16.8. The van der Waals surface area contributed by atoms with E-state index in [-0.39, 0.29) is 0 Å². The Labute approximate surface area is 101 Å². The molecule has 1 aromatic heterocycles. The molecule has 17 heavy (non-hydrogen) atoms. The molecular formula is C12H16N4O. The molecule has 90 valence electrons. The minimum Gasteiger partial charge on any atom is -0.384 e. The standard InChI is InChI=1S/C12H16N4O/c1-17-9-10-3-6-16(7-4-10)12-11(8-13)2-5-14-15-12/h2,5,10H,3-4,6-7,9H2,1H3. The third-order valence-corrected chi connectivity index (χ3v) is 3.14. The molecular weight excluding hydrogens is 216 g/mol. The number of piperidine rings is 1. The molecule has 0 amide bonds. The lowest BCUT2D eigenvalue weighted by Crippen LogP contribution is -2.36. The van der Waals surface area contributed by atoms with Crippen molar-refractivity contribution >= 4 is 5.82 Å². The third-order valence-electron chi connectivity index (χ3n) is 3.14. The molecule has 0 aliphatic carbocycles. The van der Waals surface area contributed by atoms with Crippen LogP contribution in [0, 0.1) is 17.2 Å². The lowest BCUT2D eigenvalue weighted by atomic mass is 9.97. The molecule has 5 nitrogen and oxygen atoms in total. The van der Waals surface area contributed by atoms with Crippen molar-refractivity contribution in [2.45, 2.75) is 12.8 Å². The van der Waals surface area contributed by atoms with Crippen LogP contribution < -0.4 is 4.90 Å². The first kappa shape index (κ1) is 11.8. The highest BCUT2D eigenvalue weighted by Gasteiger charge is 2.21. The van der Waals surface area contributed by atoms with Crippen molar-refractivity contribution in [2.24, 2.45) is 5.92 Å². The highest BCUT2D eigenvalue weighted by atomic mass is 16.5. The third kappa shape index (κ3) is 2.71. The van der Waals surface area contributed by atoms with Crippen molar-refractivity contribution in [3.05, 3.63) is 17.8 Å². The summed E-state index contributed by atoms with van der Waals surface area (Å²) in [5.41, 5.74) is 0.602. The van der Waals surface area contributed by atoms with Gasteiger partial charge in [-0.15, -0.1) is 5.10 Å². The molecule has 1 aromatic rings. The average molecular weight is 232 g/mol. The van der Waals surface area contributed by atoms with Crippen LogP contribution in [0.4, 0.5) is 5.82 Å². The summed E-state index contributed by atoms with van der Waals surface area (Å²) >= 11 is 0. The summed E-state index contributed by atoms with van der Waals surface area (Å²) in [5.74, 6) is 1.34. The van der Waals surface area contributed by atoms with Crippen LogP contribution in [0.3, 0.4) is 0 Å². The number of ether oxygens (including phenoxy) is 1. The van der Waals surface area contributed by atoms with Gasteiger partial charge >= 0.3 is 0 Å². The van der Waals surface area contributed by atoms with Crippen LogP contribution >= 0.6 is 0 Å². The van der Waals surface area contributed by atoms with Crippen LogP contribution in [0.5, 0.6) is 0 Å². The van der Waals surface area contributed by atoms with Gasteiger partial charge in [-0.25, -0.2) is 0 Å². The van der Waals surface area contributed by atoms with Gasteiger partial charge in [-0.3, -0.25) is 0 Å². The van der Waals surface area contributed by atoms with E-state index in [0.717, 1.165) is 32.5 Å². The quantitative estimate of drug-likeness (QED) is 0.784. The monoisotopic (exact) mass is 232 g/mol. The highest BCUT2D eigenvalue weighted by molar-refractivity contribution is 5.52. The Morgan fingerprint density at radius 3 is 2.94 bits per heavy atom. The number of hydrogen-bond acceptors (Lipinski definition) is 5. The van der Waals surface area contributed by atoms with E-state index < -0.39 is 0 Å². The first-order valence-electron chi connectivity index (χ1n) is 5.81. The summed E-state index contributed by atoms with van der Waals surface area (Å²) in [5, 5.41) is 16.9. The number of aromatic nitrogens is 2. The summed E-state index contributed by atoms with van der Waals surface area (Å²) < 4.78 is 5.17. The molecule has 0 bridgehead atoms. The van der Waals surface area contributed by atoms with Crippen LogP contribution in [0.2, 0.25) is 0 Å². The number of anilines is 1. The molecule has 1 saturated heterocycles. The molecule has 2 rings (SSSR count). The summed E-state index contributed by atoms with van der Waals surface area (Å²) in [6.45, 7) is 2.65. The van der Waals surface area contributed by atoms with Crippen molar-refractivity contribution in [3.63, 3.8) is 0 Å². The van der Waals surface area contributed by atoms with Crippen molar-refractivity contribution in [1.82, 2.24) is 10.2 Å². The van der Waals surface area contributed by atoms with Crippen LogP contribution in [0.25, 0.3) is 0 Å². The van der Waals surface area contributed by atoms with Crippen molar-refractivity contribution in [3.8, 4) is 6.07 Å². The molecule has 1 aliphatic heterocycles. The van der Waals surface area contributed by atoms with Gasteiger partial charge in [0.05, 0.1) is 11.8 Å². The SMILES string of the molecule is COCC1CCN(c2nnccc2C#N)CC1. The van der Waals surface area contributed by atoms with E-state index in [0.29, 0.717) is 17.3 Å². The molecule has 0 atom stereocenters. The minimum absolute atomic E-state index is 0.602. The Bertz CT molecular complexity index is 407. The molecule has 5 heteroatoms. The van der Waals surface area contributed by atoms with Crippen molar-refractivity contribution in [1.29, 1.82) is 5.26 Å². The van der Waals surface area contributed by atoms with E-state index in [1.807, 2.05) is 0 Å². The largest absolute Gasteiger partial charge is 0.384 e. The number of methoxy groups -OCH3 is 1. The second-order valence-electron chi connectivity index (χ2n) is 4.27. The molecule has 0 spiro atoms. The zero-order valence-electron chi connectivity index (χ0n) is 9.96. The van der Waals surface area contributed by atoms with Gasteiger partial charge in [0.25, 0.3) is 0 Å². The average Bonchev–Trinajstić information content (AvgIpc) is 2.40. The van der Waals surface area contributed by atoms with E-state index >= 15 is 0 Å². The maximum atomic E-state index is 9.02. The molecule has 2 heterocycles. The highest BCUT2D eigenvalue weighted by Crippen LogP contribution is 2.23. The second kappa shape index (κ2) is 5.60. The maximum absolute atomic E-state index is 9.02. The summed E-state index contributed by atoms with van der Waals surface area (Å²) in [6, 6.07) is 3.87. The Hall–Kier alpha value is -1.67. The van der Waals surface area contributed by atoms with E-state index in [4.69, 9.17) is 10.00 Å². The van der Waals surface area contributed by atoms with E-state index in [2.05, 4.69) is 21.2 Å². The molecule has 0 radical (unpaired) electrons. The van der Waals surface area contributed by atoms with E-state index in [1.165, 1.54) is 0 Å². The summed E-state index contributed by atoms with van der Waals surface area (Å²) in [6.07, 6.45) is 3.71. The molecule has 1 aliphatic rings. The van der Waals surface area contributed by atoms with Gasteiger partial charge in [0, 0.05) is 26.8 Å². The first-order valence-corrected chi connectivity index (χ1v) is 5.81. The Morgan fingerprint density at radius 1 is 1.53 bits per heavy atom. The molecule has 0 saturated carbocycles. The fourth-order valence-corrected chi connectivity index (χ4v) is 2.19.